The van der Waals surface area contributed by atoms with Crippen molar-refractivity contribution in [1.29, 1.82) is 0 Å². The molecule has 0 spiro atoms. The van der Waals surface area contributed by atoms with Crippen LogP contribution in [0, 0.1) is 0 Å². The van der Waals surface area contributed by atoms with Crippen LogP contribution < -0.4 is 14.8 Å². The molecule has 4 aromatic rings. The lowest BCUT2D eigenvalue weighted by Crippen LogP contribution is -2.13. The van der Waals surface area contributed by atoms with Gasteiger partial charge in [-0.05, 0) is 30.7 Å². The molecule has 0 fully saturated rings. The molecule has 7 nitrogen and oxygen atoms in total. The van der Waals surface area contributed by atoms with E-state index in [4.69, 9.17) is 9.47 Å². The zero-order valence-electron chi connectivity index (χ0n) is 17.5. The summed E-state index contributed by atoms with van der Waals surface area (Å²) in [6.07, 6.45) is 4.78. The Morgan fingerprint density at radius 1 is 1.00 bits per heavy atom. The van der Waals surface area contributed by atoms with Crippen LogP contribution in [0.15, 0.2) is 73.1 Å². The third-order valence-corrected chi connectivity index (χ3v) is 5.60. The van der Waals surface area contributed by atoms with E-state index in [1.54, 1.807) is 25.6 Å². The summed E-state index contributed by atoms with van der Waals surface area (Å²) in [5, 5.41) is 12.4. The van der Waals surface area contributed by atoms with Gasteiger partial charge in [-0.2, -0.15) is 0 Å². The van der Waals surface area contributed by atoms with E-state index in [2.05, 4.69) is 20.5 Å². The number of hydrogen-bond acceptors (Lipinski definition) is 7. The predicted molar refractivity (Wildman–Crippen MR) is 124 cm³/mol. The number of aromatic nitrogens is 3. The van der Waals surface area contributed by atoms with Crippen LogP contribution in [0.5, 0.6) is 11.5 Å². The molecule has 0 aliphatic rings. The van der Waals surface area contributed by atoms with Gasteiger partial charge in [-0.1, -0.05) is 47.7 Å². The molecule has 0 aliphatic heterocycles. The summed E-state index contributed by atoms with van der Waals surface area (Å²) in [5.74, 6) is 1.25. The summed E-state index contributed by atoms with van der Waals surface area (Å²) < 4.78 is 11.1. The van der Waals surface area contributed by atoms with E-state index in [1.807, 2.05) is 54.6 Å². The van der Waals surface area contributed by atoms with Crippen LogP contribution in [-0.2, 0) is 6.42 Å². The van der Waals surface area contributed by atoms with Gasteiger partial charge in [0.25, 0.3) is 5.91 Å². The molecule has 162 valence electrons. The van der Waals surface area contributed by atoms with Crippen molar-refractivity contribution in [1.82, 2.24) is 15.2 Å². The molecule has 1 N–H and O–H groups in total. The van der Waals surface area contributed by atoms with Crippen LogP contribution >= 0.6 is 11.3 Å². The van der Waals surface area contributed by atoms with Crippen LogP contribution in [0.4, 0.5) is 5.13 Å². The van der Waals surface area contributed by atoms with Crippen LogP contribution in [0.2, 0.25) is 0 Å². The summed E-state index contributed by atoms with van der Waals surface area (Å²) in [5.41, 5.74) is 1.97. The summed E-state index contributed by atoms with van der Waals surface area (Å²) in [4.78, 5) is 17.2. The van der Waals surface area contributed by atoms with Crippen molar-refractivity contribution < 1.29 is 14.3 Å². The Hall–Kier alpha value is -3.78. The highest BCUT2D eigenvalue weighted by atomic mass is 32.1. The number of benzene rings is 2. The van der Waals surface area contributed by atoms with Crippen molar-refractivity contribution in [2.75, 3.05) is 19.0 Å². The number of para-hydroxylation sites is 2. The second-order valence-corrected chi connectivity index (χ2v) is 7.90. The second kappa shape index (κ2) is 10.5. The third-order valence-electron chi connectivity index (χ3n) is 4.70. The van der Waals surface area contributed by atoms with E-state index in [-0.39, 0.29) is 5.91 Å². The maximum atomic E-state index is 13.0. The van der Waals surface area contributed by atoms with Crippen LogP contribution in [0.1, 0.15) is 21.8 Å². The van der Waals surface area contributed by atoms with Gasteiger partial charge in [-0.25, -0.2) is 0 Å². The Morgan fingerprint density at radius 2 is 1.81 bits per heavy atom. The van der Waals surface area contributed by atoms with Crippen LogP contribution in [-0.4, -0.2) is 34.8 Å². The van der Waals surface area contributed by atoms with E-state index in [0.29, 0.717) is 28.6 Å². The van der Waals surface area contributed by atoms with E-state index < -0.39 is 0 Å². The molecule has 2 heterocycles. The van der Waals surface area contributed by atoms with E-state index >= 15 is 0 Å². The molecule has 8 heteroatoms. The van der Waals surface area contributed by atoms with Crippen molar-refractivity contribution >= 4 is 22.4 Å². The molecule has 1 amide bonds. The molecule has 32 heavy (non-hydrogen) atoms. The number of anilines is 1. The molecule has 2 aromatic heterocycles. The Bertz CT molecular complexity index is 1180. The molecular weight excluding hydrogens is 424 g/mol. The number of aryl methyl sites for hydroxylation is 1. The van der Waals surface area contributed by atoms with Gasteiger partial charge < -0.3 is 9.47 Å². The highest BCUT2D eigenvalue weighted by Gasteiger charge is 2.17. The second-order valence-electron chi connectivity index (χ2n) is 6.84. The third kappa shape index (κ3) is 5.28. The molecule has 2 aromatic carbocycles. The Balaban J connectivity index is 1.38. The van der Waals surface area contributed by atoms with Gasteiger partial charge in [-0.15, -0.1) is 10.2 Å². The molecular formula is C24H22N4O3S. The molecule has 0 radical (unpaired) electrons. The molecule has 0 saturated carbocycles. The lowest BCUT2D eigenvalue weighted by Gasteiger charge is -2.11. The van der Waals surface area contributed by atoms with Gasteiger partial charge in [0.1, 0.15) is 16.5 Å². The fourth-order valence-corrected chi connectivity index (χ4v) is 3.95. The SMILES string of the molecule is COc1ccccc1-c1cnccc1C(=O)Nc1nnc(CCCOc2ccccc2)s1. The summed E-state index contributed by atoms with van der Waals surface area (Å²) in [7, 11) is 1.60. The number of methoxy groups -OCH3 is 1. The number of carbonyl (C=O) groups is 1. The summed E-state index contributed by atoms with van der Waals surface area (Å²) in [6, 6.07) is 18.9. The van der Waals surface area contributed by atoms with E-state index in [0.717, 1.165) is 29.2 Å². The van der Waals surface area contributed by atoms with Gasteiger partial charge in [0.15, 0.2) is 0 Å². The number of pyridine rings is 1. The first-order valence-electron chi connectivity index (χ1n) is 10.1. The van der Waals surface area contributed by atoms with Crippen LogP contribution in [0.25, 0.3) is 11.1 Å². The fourth-order valence-electron chi connectivity index (χ4n) is 3.17. The number of nitrogens with zero attached hydrogens (tertiary/aromatic N) is 3. The van der Waals surface area contributed by atoms with E-state index in [9.17, 15) is 4.79 Å². The van der Waals surface area contributed by atoms with Crippen molar-refractivity contribution in [3.8, 4) is 22.6 Å². The number of carbonyl (C=O) groups excluding carboxylic acids is 1. The molecule has 0 bridgehead atoms. The first kappa shape index (κ1) is 21.5. The Kier molecular flexibility index (Phi) is 7.04. The number of nitrogens with one attached hydrogen (secondary N) is 1. The Morgan fingerprint density at radius 3 is 2.66 bits per heavy atom. The number of amides is 1. The lowest BCUT2D eigenvalue weighted by molar-refractivity contribution is 0.102. The monoisotopic (exact) mass is 446 g/mol. The number of ether oxygens (including phenoxy) is 2. The maximum Gasteiger partial charge on any atom is 0.258 e. The standard InChI is InChI=1S/C24H22N4O3S/c1-30-21-11-6-5-10-18(21)20-16-25-14-13-19(20)23(29)26-24-28-27-22(32-24)12-7-15-31-17-8-3-2-4-9-17/h2-6,8-11,13-14,16H,7,12,15H2,1H3,(H,26,28,29). The minimum atomic E-state index is -0.275. The van der Waals surface area contributed by atoms with Crippen molar-refractivity contribution in [3.05, 3.63) is 83.6 Å². The average molecular weight is 447 g/mol. The average Bonchev–Trinajstić information content (AvgIpc) is 3.29. The molecule has 0 atom stereocenters. The van der Waals surface area contributed by atoms with Gasteiger partial charge in [0.2, 0.25) is 5.13 Å². The maximum absolute atomic E-state index is 13.0. The zero-order chi connectivity index (χ0) is 22.2. The summed E-state index contributed by atoms with van der Waals surface area (Å²) >= 11 is 1.36. The lowest BCUT2D eigenvalue weighted by atomic mass is 10.0. The van der Waals surface area contributed by atoms with Crippen molar-refractivity contribution in [2.45, 2.75) is 12.8 Å². The molecule has 0 unspecified atom stereocenters. The minimum absolute atomic E-state index is 0.275. The Labute approximate surface area is 190 Å². The van der Waals surface area contributed by atoms with Gasteiger partial charge in [-0.3, -0.25) is 15.1 Å². The normalized spacial score (nSPS) is 10.5. The molecule has 0 aliphatic carbocycles. The summed E-state index contributed by atoms with van der Waals surface area (Å²) in [6.45, 7) is 0.588. The first-order valence-corrected chi connectivity index (χ1v) is 10.9. The van der Waals surface area contributed by atoms with Gasteiger partial charge >= 0.3 is 0 Å². The van der Waals surface area contributed by atoms with Crippen molar-refractivity contribution in [2.24, 2.45) is 0 Å². The number of hydrogen-bond donors (Lipinski definition) is 1. The van der Waals surface area contributed by atoms with Gasteiger partial charge in [0, 0.05) is 29.9 Å². The smallest absolute Gasteiger partial charge is 0.258 e. The topological polar surface area (TPSA) is 86.2 Å². The quantitative estimate of drug-likeness (QED) is 0.369. The minimum Gasteiger partial charge on any atom is -0.496 e. The highest BCUT2D eigenvalue weighted by Crippen LogP contribution is 2.32. The van der Waals surface area contributed by atoms with Gasteiger partial charge in [0.05, 0.1) is 19.3 Å². The van der Waals surface area contributed by atoms with E-state index in [1.165, 1.54) is 11.3 Å². The first-order chi connectivity index (χ1) is 15.7. The molecule has 4 rings (SSSR count). The largest absolute Gasteiger partial charge is 0.496 e. The molecule has 0 saturated heterocycles. The van der Waals surface area contributed by atoms with Crippen LogP contribution in [0.3, 0.4) is 0 Å². The zero-order valence-corrected chi connectivity index (χ0v) is 18.3. The fraction of sp³-hybridized carbons (Fsp3) is 0.167. The predicted octanol–water partition coefficient (Wildman–Crippen LogP) is 4.87. The highest BCUT2D eigenvalue weighted by molar-refractivity contribution is 7.15. The number of rotatable bonds is 9. The van der Waals surface area contributed by atoms with Crippen molar-refractivity contribution in [3.63, 3.8) is 0 Å².